The number of carboxylic acid groups (broad SMARTS) is 1. The van der Waals surface area contributed by atoms with E-state index in [9.17, 15) is 19.5 Å². The second-order valence-corrected chi connectivity index (χ2v) is 12.4. The van der Waals surface area contributed by atoms with E-state index in [0.717, 1.165) is 4.90 Å². The fourth-order valence-electron chi connectivity index (χ4n) is 2.29. The molecule has 0 aromatic heterocycles. The van der Waals surface area contributed by atoms with Gasteiger partial charge in [0.05, 0.1) is 19.3 Å². The summed E-state index contributed by atoms with van der Waals surface area (Å²) in [6.07, 6.45) is -1.18. The lowest BCUT2D eigenvalue weighted by atomic mass is 9.92. The van der Waals surface area contributed by atoms with Gasteiger partial charge in [0.25, 0.3) is 0 Å². The maximum absolute atomic E-state index is 12.2. The van der Waals surface area contributed by atoms with Gasteiger partial charge in [0, 0.05) is 13.0 Å². The number of ketones is 1. The lowest BCUT2D eigenvalue weighted by Gasteiger charge is -2.40. The topological polar surface area (TPSA) is 93.1 Å². The molecule has 1 rings (SSSR count). The lowest BCUT2D eigenvalue weighted by Crippen LogP contribution is -2.55. The Morgan fingerprint density at radius 3 is 2.38 bits per heavy atom. The van der Waals surface area contributed by atoms with E-state index < -0.39 is 32.3 Å². The standard InChI is InChI=1S/C16H29NO6Si/c1-7-22-14(19)12-9-17(15(20)21)11(8-13(12)18)10-23-24(5,6)16(2,3)4/h11-12H,7-10H2,1-6H3,(H,20,21). The van der Waals surface area contributed by atoms with Gasteiger partial charge in [-0.05, 0) is 25.1 Å². The Labute approximate surface area is 144 Å². The maximum Gasteiger partial charge on any atom is 0.407 e. The van der Waals surface area contributed by atoms with Gasteiger partial charge in [-0.2, -0.15) is 0 Å². The first kappa shape index (κ1) is 20.6. The molecule has 138 valence electrons. The van der Waals surface area contributed by atoms with Crippen LogP contribution in [0.4, 0.5) is 4.79 Å². The van der Waals surface area contributed by atoms with E-state index in [-0.39, 0.29) is 37.0 Å². The molecular formula is C16H29NO6Si. The van der Waals surface area contributed by atoms with Gasteiger partial charge < -0.3 is 19.2 Å². The van der Waals surface area contributed by atoms with Crippen LogP contribution in [0.3, 0.4) is 0 Å². The van der Waals surface area contributed by atoms with Crippen LogP contribution in [0, 0.1) is 5.92 Å². The Balaban J connectivity index is 2.84. The van der Waals surface area contributed by atoms with Crippen molar-refractivity contribution in [3.8, 4) is 0 Å². The zero-order valence-corrected chi connectivity index (χ0v) is 16.4. The van der Waals surface area contributed by atoms with Crippen molar-refractivity contribution >= 4 is 26.2 Å². The van der Waals surface area contributed by atoms with Gasteiger partial charge in [-0.1, -0.05) is 20.8 Å². The molecule has 1 aliphatic rings. The number of likely N-dealkylation sites (tertiary alicyclic amines) is 1. The first-order chi connectivity index (χ1) is 10.9. The Hall–Kier alpha value is -1.41. The number of hydrogen-bond acceptors (Lipinski definition) is 5. The van der Waals surface area contributed by atoms with Crippen molar-refractivity contribution in [3.05, 3.63) is 0 Å². The average molecular weight is 359 g/mol. The molecule has 1 N–H and O–H groups in total. The molecule has 1 fully saturated rings. The molecule has 7 nitrogen and oxygen atoms in total. The molecule has 0 spiro atoms. The Morgan fingerprint density at radius 2 is 1.92 bits per heavy atom. The van der Waals surface area contributed by atoms with Crippen LogP contribution in [-0.2, 0) is 18.8 Å². The van der Waals surface area contributed by atoms with E-state index in [1.165, 1.54) is 0 Å². The number of nitrogens with zero attached hydrogens (tertiary/aromatic N) is 1. The third-order valence-corrected chi connectivity index (χ3v) is 9.41. The molecule has 0 aromatic rings. The summed E-state index contributed by atoms with van der Waals surface area (Å²) in [6.45, 7) is 12.2. The van der Waals surface area contributed by atoms with E-state index in [0.29, 0.717) is 0 Å². The number of ether oxygens (including phenoxy) is 1. The maximum atomic E-state index is 12.2. The van der Waals surface area contributed by atoms with Crippen molar-refractivity contribution in [2.75, 3.05) is 19.8 Å². The molecule has 2 atom stereocenters. The Bertz CT molecular complexity index is 499. The minimum Gasteiger partial charge on any atom is -0.465 e. The molecule has 0 radical (unpaired) electrons. The van der Waals surface area contributed by atoms with Crippen LogP contribution in [0.5, 0.6) is 0 Å². The molecular weight excluding hydrogens is 330 g/mol. The SMILES string of the molecule is CCOC(=O)C1CN(C(=O)O)C(CO[Si](C)(C)C(C)(C)C)CC1=O. The molecule has 0 bridgehead atoms. The molecule has 2 unspecified atom stereocenters. The molecule has 1 aliphatic heterocycles. The predicted octanol–water partition coefficient (Wildman–Crippen LogP) is 2.51. The quantitative estimate of drug-likeness (QED) is 0.460. The molecule has 0 saturated carbocycles. The van der Waals surface area contributed by atoms with Gasteiger partial charge in [0.1, 0.15) is 5.92 Å². The first-order valence-electron chi connectivity index (χ1n) is 8.23. The zero-order valence-electron chi connectivity index (χ0n) is 15.4. The van der Waals surface area contributed by atoms with Gasteiger partial charge in [0.15, 0.2) is 14.1 Å². The smallest absolute Gasteiger partial charge is 0.407 e. The number of Topliss-reactive ketones (excluding diaryl/α,β-unsaturated/α-hetero) is 1. The molecule has 1 heterocycles. The van der Waals surface area contributed by atoms with Crippen LogP contribution in [0.2, 0.25) is 18.1 Å². The molecule has 8 heteroatoms. The van der Waals surface area contributed by atoms with Gasteiger partial charge in [0.2, 0.25) is 0 Å². The third-order valence-electron chi connectivity index (χ3n) is 4.91. The highest BCUT2D eigenvalue weighted by molar-refractivity contribution is 6.74. The molecule has 0 aliphatic carbocycles. The summed E-state index contributed by atoms with van der Waals surface area (Å²) >= 11 is 0. The summed E-state index contributed by atoms with van der Waals surface area (Å²) in [7, 11) is -2.05. The Morgan fingerprint density at radius 1 is 1.33 bits per heavy atom. The van der Waals surface area contributed by atoms with Crippen molar-refractivity contribution in [1.29, 1.82) is 0 Å². The molecule has 1 saturated heterocycles. The number of esters is 1. The van der Waals surface area contributed by atoms with Crippen molar-refractivity contribution in [3.63, 3.8) is 0 Å². The van der Waals surface area contributed by atoms with Crippen molar-refractivity contribution in [1.82, 2.24) is 4.90 Å². The largest absolute Gasteiger partial charge is 0.465 e. The van der Waals surface area contributed by atoms with Gasteiger partial charge in [-0.3, -0.25) is 9.59 Å². The van der Waals surface area contributed by atoms with Crippen LogP contribution >= 0.6 is 0 Å². The monoisotopic (exact) mass is 359 g/mol. The number of hydrogen-bond donors (Lipinski definition) is 1. The Kier molecular flexibility index (Phi) is 6.57. The number of piperidine rings is 1. The minimum absolute atomic E-state index is 0.00675. The van der Waals surface area contributed by atoms with E-state index in [1.54, 1.807) is 6.92 Å². The second-order valence-electron chi connectivity index (χ2n) is 7.64. The highest BCUT2D eigenvalue weighted by Gasteiger charge is 2.43. The van der Waals surface area contributed by atoms with Crippen LogP contribution in [0.15, 0.2) is 0 Å². The summed E-state index contributed by atoms with van der Waals surface area (Å²) in [5, 5.41) is 9.43. The van der Waals surface area contributed by atoms with E-state index in [4.69, 9.17) is 9.16 Å². The zero-order chi connectivity index (χ0) is 18.7. The highest BCUT2D eigenvalue weighted by atomic mass is 28.4. The summed E-state index contributed by atoms with van der Waals surface area (Å²) in [5.41, 5.74) is 0. The number of rotatable bonds is 5. The summed E-state index contributed by atoms with van der Waals surface area (Å²) in [5.74, 6) is -1.97. The van der Waals surface area contributed by atoms with Crippen LogP contribution in [0.25, 0.3) is 0 Å². The van der Waals surface area contributed by atoms with Crippen molar-refractivity contribution in [2.45, 2.75) is 58.3 Å². The van der Waals surface area contributed by atoms with Gasteiger partial charge in [-0.15, -0.1) is 0 Å². The van der Waals surface area contributed by atoms with E-state index in [1.807, 2.05) is 0 Å². The average Bonchev–Trinajstić information content (AvgIpc) is 2.43. The van der Waals surface area contributed by atoms with Crippen molar-refractivity contribution < 1.29 is 28.7 Å². The fraction of sp³-hybridized carbons (Fsp3) is 0.812. The highest BCUT2D eigenvalue weighted by Crippen LogP contribution is 2.37. The summed E-state index contributed by atoms with van der Waals surface area (Å²) in [4.78, 5) is 36.8. The molecule has 1 amide bonds. The minimum atomic E-state index is -2.05. The van der Waals surface area contributed by atoms with Gasteiger partial charge in [-0.25, -0.2) is 4.79 Å². The third kappa shape index (κ3) is 4.79. The molecule has 0 aromatic carbocycles. The lowest BCUT2D eigenvalue weighted by molar-refractivity contribution is -0.154. The number of carbonyl (C=O) groups excluding carboxylic acids is 2. The van der Waals surface area contributed by atoms with Gasteiger partial charge >= 0.3 is 12.1 Å². The van der Waals surface area contributed by atoms with Crippen LogP contribution < -0.4 is 0 Å². The van der Waals surface area contributed by atoms with Crippen molar-refractivity contribution in [2.24, 2.45) is 5.92 Å². The summed E-state index contributed by atoms with van der Waals surface area (Å²) < 4.78 is 10.9. The van der Waals surface area contributed by atoms with Crippen LogP contribution in [0.1, 0.15) is 34.1 Å². The van der Waals surface area contributed by atoms with Crippen LogP contribution in [-0.4, -0.2) is 62.0 Å². The number of carbonyl (C=O) groups is 3. The normalized spacial score (nSPS) is 22.4. The fourth-order valence-corrected chi connectivity index (χ4v) is 3.33. The summed E-state index contributed by atoms with van der Waals surface area (Å²) in [6, 6.07) is -0.560. The molecule has 24 heavy (non-hydrogen) atoms. The number of amides is 1. The van der Waals surface area contributed by atoms with E-state index >= 15 is 0 Å². The first-order valence-corrected chi connectivity index (χ1v) is 11.1. The van der Waals surface area contributed by atoms with E-state index in [2.05, 4.69) is 33.9 Å². The predicted molar refractivity (Wildman–Crippen MR) is 91.4 cm³/mol. The second kappa shape index (κ2) is 7.65.